The summed E-state index contributed by atoms with van der Waals surface area (Å²) >= 11 is 0. The van der Waals surface area contributed by atoms with Crippen LogP contribution in [0.2, 0.25) is 0 Å². The lowest BCUT2D eigenvalue weighted by atomic mass is 10.1. The fourth-order valence-corrected chi connectivity index (χ4v) is 3.52. The van der Waals surface area contributed by atoms with Crippen LogP contribution in [-0.4, -0.2) is 73.3 Å². The summed E-state index contributed by atoms with van der Waals surface area (Å²) in [5.74, 6) is 2.00. The molecule has 0 saturated carbocycles. The van der Waals surface area contributed by atoms with Gasteiger partial charge in [0.05, 0.1) is 19.8 Å². The second-order valence-corrected chi connectivity index (χ2v) is 6.85. The maximum absolute atomic E-state index is 9.39. The number of hydrogen-bond acceptors (Lipinski definition) is 4. The average molecular weight is 474 g/mol. The van der Waals surface area contributed by atoms with Crippen LogP contribution in [0.5, 0.6) is 5.75 Å². The van der Waals surface area contributed by atoms with Gasteiger partial charge in [-0.05, 0) is 37.0 Å². The number of benzene rings is 1. The number of phenolic OH excluding ortho intramolecular Hbond substituents is 1. The van der Waals surface area contributed by atoms with Gasteiger partial charge in [-0.2, -0.15) is 0 Å². The summed E-state index contributed by atoms with van der Waals surface area (Å²) in [6.07, 6.45) is 1.22. The van der Waals surface area contributed by atoms with Crippen LogP contribution in [0.1, 0.15) is 18.9 Å². The molecule has 7 heteroatoms. The number of aliphatic imine (C=N–C) groups is 1. The molecule has 2 aliphatic rings. The highest BCUT2D eigenvalue weighted by atomic mass is 127. The van der Waals surface area contributed by atoms with Crippen molar-refractivity contribution >= 4 is 29.9 Å². The first kappa shape index (κ1) is 21.2. The van der Waals surface area contributed by atoms with Gasteiger partial charge >= 0.3 is 0 Å². The Kier molecular flexibility index (Phi) is 8.94. The van der Waals surface area contributed by atoms with E-state index in [4.69, 9.17) is 9.73 Å². The van der Waals surface area contributed by atoms with Gasteiger partial charge in [0.25, 0.3) is 0 Å². The molecular formula is C19H31IN4O2. The van der Waals surface area contributed by atoms with Crippen LogP contribution in [-0.2, 0) is 11.3 Å². The molecule has 0 spiro atoms. The molecule has 26 heavy (non-hydrogen) atoms. The average Bonchev–Trinajstić information content (AvgIpc) is 3.09. The van der Waals surface area contributed by atoms with Crippen LogP contribution in [0.4, 0.5) is 0 Å². The van der Waals surface area contributed by atoms with Gasteiger partial charge in [0, 0.05) is 39.3 Å². The minimum Gasteiger partial charge on any atom is -0.508 e. The molecule has 2 aliphatic heterocycles. The number of phenols is 1. The number of aromatic hydroxyl groups is 1. The van der Waals surface area contributed by atoms with E-state index in [9.17, 15) is 5.11 Å². The highest BCUT2D eigenvalue weighted by molar-refractivity contribution is 14.0. The SMILES string of the molecule is CCNC(=NCc1ccc(O)cc1)N1CCC(CN2CCOCC2)C1.I. The Hall–Kier alpha value is -1.06. The van der Waals surface area contributed by atoms with Crippen LogP contribution < -0.4 is 5.32 Å². The van der Waals surface area contributed by atoms with E-state index in [1.807, 2.05) is 12.1 Å². The quantitative estimate of drug-likeness (QED) is 0.389. The minimum atomic E-state index is 0. The predicted octanol–water partition coefficient (Wildman–Crippen LogP) is 2.13. The molecule has 1 unspecified atom stereocenters. The van der Waals surface area contributed by atoms with Crippen molar-refractivity contribution in [2.75, 3.05) is 52.5 Å². The lowest BCUT2D eigenvalue weighted by molar-refractivity contribution is 0.0315. The van der Waals surface area contributed by atoms with Crippen LogP contribution in [0.3, 0.4) is 0 Å². The van der Waals surface area contributed by atoms with E-state index in [1.54, 1.807) is 12.1 Å². The van der Waals surface area contributed by atoms with E-state index in [0.29, 0.717) is 18.2 Å². The number of halogens is 1. The summed E-state index contributed by atoms with van der Waals surface area (Å²) in [6, 6.07) is 7.28. The van der Waals surface area contributed by atoms with E-state index in [-0.39, 0.29) is 24.0 Å². The molecule has 3 rings (SSSR count). The molecule has 0 radical (unpaired) electrons. The number of likely N-dealkylation sites (tertiary alicyclic amines) is 1. The Bertz CT molecular complexity index is 561. The molecular weight excluding hydrogens is 443 g/mol. The van der Waals surface area contributed by atoms with Gasteiger partial charge in [0.15, 0.2) is 5.96 Å². The molecule has 0 bridgehead atoms. The van der Waals surface area contributed by atoms with E-state index in [1.165, 1.54) is 6.42 Å². The molecule has 0 amide bonds. The molecule has 2 N–H and O–H groups in total. The molecule has 6 nitrogen and oxygen atoms in total. The van der Waals surface area contributed by atoms with Crippen molar-refractivity contribution in [2.45, 2.75) is 19.9 Å². The fraction of sp³-hybridized carbons (Fsp3) is 0.632. The van der Waals surface area contributed by atoms with Gasteiger partial charge in [-0.25, -0.2) is 4.99 Å². The topological polar surface area (TPSA) is 60.3 Å². The first-order valence-corrected chi connectivity index (χ1v) is 9.36. The lowest BCUT2D eigenvalue weighted by Crippen LogP contribution is -2.42. The normalized spacial score (nSPS) is 21.5. The molecule has 0 aliphatic carbocycles. The van der Waals surface area contributed by atoms with Crippen molar-refractivity contribution in [3.8, 4) is 5.75 Å². The zero-order valence-corrected chi connectivity index (χ0v) is 17.9. The Morgan fingerprint density at radius 2 is 1.96 bits per heavy atom. The van der Waals surface area contributed by atoms with Crippen LogP contribution >= 0.6 is 24.0 Å². The largest absolute Gasteiger partial charge is 0.508 e. The van der Waals surface area contributed by atoms with Gasteiger partial charge in [-0.3, -0.25) is 4.90 Å². The Labute approximate surface area is 173 Å². The molecule has 2 heterocycles. The number of nitrogens with zero attached hydrogens (tertiary/aromatic N) is 3. The van der Waals surface area contributed by atoms with Gasteiger partial charge in [-0.15, -0.1) is 24.0 Å². The Balaban J connectivity index is 0.00000243. The highest BCUT2D eigenvalue weighted by Crippen LogP contribution is 2.19. The third-order valence-corrected chi connectivity index (χ3v) is 4.89. The second-order valence-electron chi connectivity index (χ2n) is 6.85. The van der Waals surface area contributed by atoms with Crippen molar-refractivity contribution < 1.29 is 9.84 Å². The van der Waals surface area contributed by atoms with Crippen molar-refractivity contribution in [3.63, 3.8) is 0 Å². The predicted molar refractivity (Wildman–Crippen MR) is 115 cm³/mol. The summed E-state index contributed by atoms with van der Waals surface area (Å²) in [5.41, 5.74) is 1.11. The van der Waals surface area contributed by atoms with Crippen molar-refractivity contribution in [2.24, 2.45) is 10.9 Å². The Morgan fingerprint density at radius 3 is 2.65 bits per heavy atom. The van der Waals surface area contributed by atoms with E-state index < -0.39 is 0 Å². The summed E-state index contributed by atoms with van der Waals surface area (Å²) in [5, 5.41) is 12.8. The molecule has 1 aromatic rings. The van der Waals surface area contributed by atoms with Crippen LogP contribution in [0.25, 0.3) is 0 Å². The fourth-order valence-electron chi connectivity index (χ4n) is 3.52. The maximum Gasteiger partial charge on any atom is 0.194 e. The zero-order valence-electron chi connectivity index (χ0n) is 15.6. The van der Waals surface area contributed by atoms with Crippen molar-refractivity contribution in [3.05, 3.63) is 29.8 Å². The molecule has 0 aromatic heterocycles. The summed E-state index contributed by atoms with van der Waals surface area (Å²) in [7, 11) is 0. The molecule has 146 valence electrons. The van der Waals surface area contributed by atoms with Crippen LogP contribution in [0.15, 0.2) is 29.3 Å². The number of hydrogen-bond donors (Lipinski definition) is 2. The first-order chi connectivity index (χ1) is 12.2. The number of morpholine rings is 1. The molecule has 1 aromatic carbocycles. The van der Waals surface area contributed by atoms with Gasteiger partial charge < -0.3 is 20.1 Å². The third-order valence-electron chi connectivity index (χ3n) is 4.89. The summed E-state index contributed by atoms with van der Waals surface area (Å²) in [6.45, 7) is 10.8. The number of nitrogens with one attached hydrogen (secondary N) is 1. The zero-order chi connectivity index (χ0) is 17.5. The third kappa shape index (κ3) is 6.28. The maximum atomic E-state index is 9.39. The van der Waals surface area contributed by atoms with Gasteiger partial charge in [0.1, 0.15) is 5.75 Å². The summed E-state index contributed by atoms with van der Waals surface area (Å²) in [4.78, 5) is 9.70. The first-order valence-electron chi connectivity index (χ1n) is 9.36. The number of ether oxygens (including phenoxy) is 1. The van der Waals surface area contributed by atoms with E-state index in [0.717, 1.165) is 64.0 Å². The van der Waals surface area contributed by atoms with Crippen molar-refractivity contribution in [1.29, 1.82) is 0 Å². The van der Waals surface area contributed by atoms with Crippen molar-refractivity contribution in [1.82, 2.24) is 15.1 Å². The Morgan fingerprint density at radius 1 is 1.23 bits per heavy atom. The number of rotatable bonds is 5. The summed E-state index contributed by atoms with van der Waals surface area (Å²) < 4.78 is 5.44. The smallest absolute Gasteiger partial charge is 0.194 e. The van der Waals surface area contributed by atoms with Crippen LogP contribution in [0, 0.1) is 5.92 Å². The standard InChI is InChI=1S/C19H30N4O2.HI/c1-2-20-19(21-13-16-3-5-18(24)6-4-16)23-8-7-17(15-23)14-22-9-11-25-12-10-22;/h3-6,17,24H,2,7-15H2,1H3,(H,20,21);1H. The minimum absolute atomic E-state index is 0. The molecule has 2 fully saturated rings. The highest BCUT2D eigenvalue weighted by Gasteiger charge is 2.27. The molecule has 2 saturated heterocycles. The second kappa shape index (κ2) is 10.9. The molecule has 1 atom stereocenters. The van der Waals surface area contributed by atoms with E-state index in [2.05, 4.69) is 22.0 Å². The van der Waals surface area contributed by atoms with Gasteiger partial charge in [0.2, 0.25) is 0 Å². The lowest BCUT2D eigenvalue weighted by Gasteiger charge is -2.29. The number of guanidine groups is 1. The van der Waals surface area contributed by atoms with Gasteiger partial charge in [-0.1, -0.05) is 12.1 Å². The monoisotopic (exact) mass is 474 g/mol. The van der Waals surface area contributed by atoms with E-state index >= 15 is 0 Å².